The number of piperazine rings is 1. The van der Waals surface area contributed by atoms with Crippen molar-refractivity contribution in [3.8, 4) is 0 Å². The summed E-state index contributed by atoms with van der Waals surface area (Å²) in [4.78, 5) is 24.0. The van der Waals surface area contributed by atoms with Crippen LogP contribution in [0.3, 0.4) is 0 Å². The highest BCUT2D eigenvalue weighted by Gasteiger charge is 2.23. The Bertz CT molecular complexity index is 498. The third-order valence-electron chi connectivity index (χ3n) is 3.07. The molecule has 0 atom stereocenters. The maximum atomic E-state index is 11.5. The van der Waals surface area contributed by atoms with Crippen LogP contribution >= 0.6 is 0 Å². The van der Waals surface area contributed by atoms with Crippen molar-refractivity contribution in [1.29, 1.82) is 0 Å². The molecule has 1 aliphatic heterocycles. The molecule has 1 saturated heterocycles. The zero-order valence-electron chi connectivity index (χ0n) is 10.6. The first-order valence-electron chi connectivity index (χ1n) is 5.96. The Morgan fingerprint density at radius 3 is 2.68 bits per heavy atom. The second-order valence-corrected chi connectivity index (χ2v) is 4.19. The van der Waals surface area contributed by atoms with Gasteiger partial charge >= 0.3 is 5.97 Å². The van der Waals surface area contributed by atoms with Crippen molar-refractivity contribution in [3.63, 3.8) is 0 Å². The van der Waals surface area contributed by atoms with Crippen molar-refractivity contribution >= 4 is 17.3 Å². The highest BCUT2D eigenvalue weighted by Crippen LogP contribution is 2.26. The van der Waals surface area contributed by atoms with Crippen molar-refractivity contribution in [2.24, 2.45) is 0 Å². The molecule has 0 spiro atoms. The SMILES string of the molecule is COC(=O)c1ccc(N2CCNCC2)cc1[N+](=O)[O-]. The van der Waals surface area contributed by atoms with Crippen LogP contribution in [-0.2, 0) is 4.74 Å². The summed E-state index contributed by atoms with van der Waals surface area (Å²) >= 11 is 0. The van der Waals surface area contributed by atoms with Crippen LogP contribution in [0.25, 0.3) is 0 Å². The Morgan fingerprint density at radius 2 is 2.11 bits per heavy atom. The number of nitrogens with one attached hydrogen (secondary N) is 1. The molecule has 0 saturated carbocycles. The topological polar surface area (TPSA) is 84.7 Å². The summed E-state index contributed by atoms with van der Waals surface area (Å²) in [7, 11) is 1.20. The number of esters is 1. The molecular formula is C12H15N3O4. The minimum absolute atomic E-state index is 0.0219. The molecule has 1 aliphatic rings. The maximum Gasteiger partial charge on any atom is 0.344 e. The molecular weight excluding hydrogens is 250 g/mol. The Morgan fingerprint density at radius 1 is 1.42 bits per heavy atom. The number of hydrogen-bond donors (Lipinski definition) is 1. The van der Waals surface area contributed by atoms with Gasteiger partial charge in [-0.2, -0.15) is 0 Å². The number of nitro benzene ring substituents is 1. The Balaban J connectivity index is 2.35. The second kappa shape index (κ2) is 5.66. The number of ether oxygens (including phenoxy) is 1. The number of anilines is 1. The van der Waals surface area contributed by atoms with E-state index in [0.717, 1.165) is 31.9 Å². The van der Waals surface area contributed by atoms with Gasteiger partial charge in [0.05, 0.1) is 12.0 Å². The van der Waals surface area contributed by atoms with Crippen LogP contribution in [-0.4, -0.2) is 44.2 Å². The molecule has 0 unspecified atom stereocenters. The molecule has 1 heterocycles. The van der Waals surface area contributed by atoms with E-state index in [-0.39, 0.29) is 11.3 Å². The summed E-state index contributed by atoms with van der Waals surface area (Å²) in [6.45, 7) is 3.25. The van der Waals surface area contributed by atoms with Gasteiger partial charge in [-0.15, -0.1) is 0 Å². The minimum Gasteiger partial charge on any atom is -0.465 e. The Hall–Kier alpha value is -2.15. The molecule has 7 nitrogen and oxygen atoms in total. The zero-order valence-corrected chi connectivity index (χ0v) is 10.6. The summed E-state index contributed by atoms with van der Waals surface area (Å²) in [6, 6.07) is 4.59. The van der Waals surface area contributed by atoms with E-state index in [2.05, 4.69) is 10.1 Å². The van der Waals surface area contributed by atoms with Gasteiger partial charge < -0.3 is 15.0 Å². The van der Waals surface area contributed by atoms with Crippen molar-refractivity contribution in [1.82, 2.24) is 5.32 Å². The fraction of sp³-hybridized carbons (Fsp3) is 0.417. The Kier molecular flexibility index (Phi) is 3.96. The molecule has 1 aromatic carbocycles. The minimum atomic E-state index is -0.696. The predicted octanol–water partition coefficient (Wildman–Crippen LogP) is 0.791. The molecule has 1 aromatic rings. The lowest BCUT2D eigenvalue weighted by Gasteiger charge is -2.29. The summed E-state index contributed by atoms with van der Waals surface area (Å²) in [5.74, 6) is -0.696. The lowest BCUT2D eigenvalue weighted by Crippen LogP contribution is -2.43. The number of benzene rings is 1. The highest BCUT2D eigenvalue weighted by molar-refractivity contribution is 5.94. The van der Waals surface area contributed by atoms with E-state index in [0.29, 0.717) is 0 Å². The number of rotatable bonds is 3. The fourth-order valence-corrected chi connectivity index (χ4v) is 2.07. The van der Waals surface area contributed by atoms with Gasteiger partial charge in [-0.05, 0) is 12.1 Å². The summed E-state index contributed by atoms with van der Waals surface area (Å²) in [5, 5.41) is 14.3. The van der Waals surface area contributed by atoms with Crippen LogP contribution in [0.5, 0.6) is 0 Å². The monoisotopic (exact) mass is 265 g/mol. The van der Waals surface area contributed by atoms with E-state index in [4.69, 9.17) is 0 Å². The van der Waals surface area contributed by atoms with Gasteiger partial charge in [0.15, 0.2) is 0 Å². The maximum absolute atomic E-state index is 11.5. The molecule has 1 fully saturated rings. The number of nitrogens with zero attached hydrogens (tertiary/aromatic N) is 2. The lowest BCUT2D eigenvalue weighted by atomic mass is 10.1. The van der Waals surface area contributed by atoms with Crippen molar-refractivity contribution in [2.75, 3.05) is 38.2 Å². The van der Waals surface area contributed by atoms with Crippen LogP contribution in [0, 0.1) is 10.1 Å². The van der Waals surface area contributed by atoms with Gasteiger partial charge in [0, 0.05) is 37.9 Å². The molecule has 0 bridgehead atoms. The third kappa shape index (κ3) is 2.82. The zero-order chi connectivity index (χ0) is 13.8. The van der Waals surface area contributed by atoms with Crippen LogP contribution in [0.15, 0.2) is 18.2 Å². The number of methoxy groups -OCH3 is 1. The number of hydrogen-bond acceptors (Lipinski definition) is 6. The molecule has 2 rings (SSSR count). The predicted molar refractivity (Wildman–Crippen MR) is 69.5 cm³/mol. The van der Waals surface area contributed by atoms with Gasteiger partial charge in [0.2, 0.25) is 0 Å². The molecule has 0 aromatic heterocycles. The summed E-state index contributed by atoms with van der Waals surface area (Å²) in [5.41, 5.74) is 0.509. The molecule has 0 aliphatic carbocycles. The van der Waals surface area contributed by atoms with Crippen LogP contribution in [0.1, 0.15) is 10.4 Å². The third-order valence-corrected chi connectivity index (χ3v) is 3.07. The van der Waals surface area contributed by atoms with E-state index in [9.17, 15) is 14.9 Å². The average molecular weight is 265 g/mol. The molecule has 102 valence electrons. The van der Waals surface area contributed by atoms with Crippen LogP contribution in [0.4, 0.5) is 11.4 Å². The normalized spacial score (nSPS) is 15.1. The quantitative estimate of drug-likeness (QED) is 0.494. The first-order chi connectivity index (χ1) is 9.13. The summed E-state index contributed by atoms with van der Waals surface area (Å²) < 4.78 is 4.55. The van der Waals surface area contributed by atoms with E-state index in [1.54, 1.807) is 6.07 Å². The number of carbonyl (C=O) groups is 1. The van der Waals surface area contributed by atoms with Crippen molar-refractivity contribution in [3.05, 3.63) is 33.9 Å². The fourth-order valence-electron chi connectivity index (χ4n) is 2.07. The molecule has 0 amide bonds. The van der Waals surface area contributed by atoms with Gasteiger partial charge in [0.1, 0.15) is 5.56 Å². The highest BCUT2D eigenvalue weighted by atomic mass is 16.6. The first-order valence-corrected chi connectivity index (χ1v) is 5.96. The van der Waals surface area contributed by atoms with Gasteiger partial charge in [-0.25, -0.2) is 4.79 Å². The molecule has 19 heavy (non-hydrogen) atoms. The molecule has 1 N–H and O–H groups in total. The molecule has 0 radical (unpaired) electrons. The standard InChI is InChI=1S/C12H15N3O4/c1-19-12(16)10-3-2-9(8-11(10)15(17)18)14-6-4-13-5-7-14/h2-3,8,13H,4-7H2,1H3. The largest absolute Gasteiger partial charge is 0.465 e. The first kappa shape index (κ1) is 13.3. The van der Waals surface area contributed by atoms with E-state index in [1.807, 2.05) is 4.90 Å². The summed E-state index contributed by atoms with van der Waals surface area (Å²) in [6.07, 6.45) is 0. The molecule has 7 heteroatoms. The Labute approximate surface area is 110 Å². The average Bonchev–Trinajstić information content (AvgIpc) is 2.46. The number of nitro groups is 1. The van der Waals surface area contributed by atoms with E-state index in [1.165, 1.54) is 19.2 Å². The van der Waals surface area contributed by atoms with Crippen LogP contribution in [0.2, 0.25) is 0 Å². The van der Waals surface area contributed by atoms with E-state index < -0.39 is 10.9 Å². The van der Waals surface area contributed by atoms with Gasteiger partial charge in [-0.3, -0.25) is 10.1 Å². The van der Waals surface area contributed by atoms with Crippen molar-refractivity contribution in [2.45, 2.75) is 0 Å². The van der Waals surface area contributed by atoms with Gasteiger partial charge in [0.25, 0.3) is 5.69 Å². The lowest BCUT2D eigenvalue weighted by molar-refractivity contribution is -0.385. The van der Waals surface area contributed by atoms with Crippen LogP contribution < -0.4 is 10.2 Å². The van der Waals surface area contributed by atoms with Gasteiger partial charge in [-0.1, -0.05) is 0 Å². The number of carbonyl (C=O) groups excluding carboxylic acids is 1. The van der Waals surface area contributed by atoms with E-state index >= 15 is 0 Å². The smallest absolute Gasteiger partial charge is 0.344 e. The van der Waals surface area contributed by atoms with Crippen molar-refractivity contribution < 1.29 is 14.5 Å². The second-order valence-electron chi connectivity index (χ2n) is 4.19.